The molecule has 0 fully saturated rings. The summed E-state index contributed by atoms with van der Waals surface area (Å²) in [4.78, 5) is 8.83. The summed E-state index contributed by atoms with van der Waals surface area (Å²) in [5.41, 5.74) is 3.41. The van der Waals surface area contributed by atoms with Crippen molar-refractivity contribution in [2.24, 2.45) is 4.99 Å². The number of imidazole rings is 1. The maximum atomic E-state index is 5.43. The average molecular weight is 395 g/mol. The monoisotopic (exact) mass is 394 g/mol. The number of hydrogen-bond acceptors (Lipinski definition) is 4. The summed E-state index contributed by atoms with van der Waals surface area (Å²) in [6.45, 7) is 6.39. The molecule has 0 bridgehead atoms. The second kappa shape index (κ2) is 10.5. The number of aryl methyl sites for hydroxylation is 2. The number of benzene rings is 1. The first kappa shape index (κ1) is 20.6. The maximum absolute atomic E-state index is 5.43. The van der Waals surface area contributed by atoms with Gasteiger partial charge in [0.05, 0.1) is 5.69 Å². The van der Waals surface area contributed by atoms with Gasteiger partial charge in [-0.2, -0.15) is 0 Å². The Balaban J connectivity index is 1.51. The molecule has 0 radical (unpaired) electrons. The topological polar surface area (TPSA) is 80.3 Å². The Labute approximate surface area is 172 Å². The summed E-state index contributed by atoms with van der Waals surface area (Å²) in [5.74, 6) is 2.75. The van der Waals surface area contributed by atoms with Crippen LogP contribution in [0.5, 0.6) is 0 Å². The SMILES string of the molecule is CCc1noc(CC)c1CNC(=NC)NCCc1nccn1Cc1ccccc1. The zero-order valence-electron chi connectivity index (χ0n) is 17.5. The maximum Gasteiger partial charge on any atom is 0.191 e. The van der Waals surface area contributed by atoms with Crippen LogP contribution in [0.2, 0.25) is 0 Å². The lowest BCUT2D eigenvalue weighted by molar-refractivity contribution is 0.380. The molecule has 0 unspecified atom stereocenters. The summed E-state index contributed by atoms with van der Waals surface area (Å²) in [7, 11) is 1.78. The smallest absolute Gasteiger partial charge is 0.191 e. The van der Waals surface area contributed by atoms with Crippen LogP contribution in [0.1, 0.15) is 42.3 Å². The fraction of sp³-hybridized carbons (Fsp3) is 0.409. The van der Waals surface area contributed by atoms with Crippen molar-refractivity contribution in [2.75, 3.05) is 13.6 Å². The van der Waals surface area contributed by atoms with Gasteiger partial charge in [0, 0.05) is 57.5 Å². The van der Waals surface area contributed by atoms with Crippen LogP contribution in [-0.4, -0.2) is 34.3 Å². The molecule has 0 aliphatic heterocycles. The van der Waals surface area contributed by atoms with Gasteiger partial charge in [-0.25, -0.2) is 4.98 Å². The zero-order valence-corrected chi connectivity index (χ0v) is 17.5. The van der Waals surface area contributed by atoms with Crippen molar-refractivity contribution in [1.29, 1.82) is 0 Å². The van der Waals surface area contributed by atoms with E-state index >= 15 is 0 Å². The van der Waals surface area contributed by atoms with Gasteiger partial charge in [-0.15, -0.1) is 0 Å². The number of hydrogen-bond donors (Lipinski definition) is 2. The number of guanidine groups is 1. The van der Waals surface area contributed by atoms with E-state index in [0.29, 0.717) is 6.54 Å². The molecule has 0 amide bonds. The van der Waals surface area contributed by atoms with Gasteiger partial charge in [-0.1, -0.05) is 49.3 Å². The van der Waals surface area contributed by atoms with E-state index in [1.165, 1.54) is 5.56 Å². The van der Waals surface area contributed by atoms with E-state index in [-0.39, 0.29) is 0 Å². The molecule has 0 aliphatic rings. The third-order valence-corrected chi connectivity index (χ3v) is 4.90. The fourth-order valence-electron chi connectivity index (χ4n) is 3.32. The number of aromatic nitrogens is 3. The highest BCUT2D eigenvalue weighted by atomic mass is 16.5. The molecule has 3 rings (SSSR count). The van der Waals surface area contributed by atoms with Gasteiger partial charge in [0.2, 0.25) is 0 Å². The van der Waals surface area contributed by atoms with E-state index in [1.807, 2.05) is 18.5 Å². The van der Waals surface area contributed by atoms with Gasteiger partial charge in [-0.05, 0) is 12.0 Å². The Morgan fingerprint density at radius 1 is 1.14 bits per heavy atom. The van der Waals surface area contributed by atoms with E-state index in [0.717, 1.165) is 61.2 Å². The molecule has 0 aliphatic carbocycles. The van der Waals surface area contributed by atoms with Crippen molar-refractivity contribution in [3.05, 3.63) is 71.1 Å². The molecule has 2 heterocycles. The summed E-state index contributed by atoms with van der Waals surface area (Å²) in [6.07, 6.45) is 6.39. The molecule has 0 saturated heterocycles. The minimum absolute atomic E-state index is 0.651. The minimum Gasteiger partial charge on any atom is -0.361 e. The molecule has 2 aromatic heterocycles. The number of nitrogens with one attached hydrogen (secondary N) is 2. The van der Waals surface area contributed by atoms with Gasteiger partial charge in [0.1, 0.15) is 11.6 Å². The summed E-state index contributed by atoms with van der Waals surface area (Å²) in [5, 5.41) is 10.9. The van der Waals surface area contributed by atoms with Gasteiger partial charge < -0.3 is 19.7 Å². The highest BCUT2D eigenvalue weighted by molar-refractivity contribution is 5.79. The lowest BCUT2D eigenvalue weighted by atomic mass is 10.1. The van der Waals surface area contributed by atoms with E-state index in [2.05, 4.69) is 68.4 Å². The molecule has 29 heavy (non-hydrogen) atoms. The van der Waals surface area contributed by atoms with Crippen LogP contribution in [0.4, 0.5) is 0 Å². The molecule has 1 aromatic carbocycles. The summed E-state index contributed by atoms with van der Waals surface area (Å²) < 4.78 is 7.62. The quantitative estimate of drug-likeness (QED) is 0.431. The molecular weight excluding hydrogens is 364 g/mol. The number of rotatable bonds is 9. The predicted octanol–water partition coefficient (Wildman–Crippen LogP) is 2.95. The fourth-order valence-corrected chi connectivity index (χ4v) is 3.32. The standard InChI is InChI=1S/C22H30N6O/c1-4-19-18(20(5-2)29-27-19)15-26-22(23-3)25-12-11-21-24-13-14-28(21)16-17-9-7-6-8-10-17/h6-10,13-14H,4-5,11-12,15-16H2,1-3H3,(H2,23,25,26). The minimum atomic E-state index is 0.651. The third-order valence-electron chi connectivity index (χ3n) is 4.90. The molecule has 0 atom stereocenters. The first-order valence-corrected chi connectivity index (χ1v) is 10.2. The van der Waals surface area contributed by atoms with Gasteiger partial charge in [0.15, 0.2) is 5.96 Å². The Hall–Kier alpha value is -3.09. The van der Waals surface area contributed by atoms with Crippen LogP contribution < -0.4 is 10.6 Å². The van der Waals surface area contributed by atoms with Crippen molar-refractivity contribution >= 4 is 5.96 Å². The first-order valence-electron chi connectivity index (χ1n) is 10.2. The molecule has 154 valence electrons. The number of nitrogens with zero attached hydrogens (tertiary/aromatic N) is 4. The Kier molecular flexibility index (Phi) is 7.44. The van der Waals surface area contributed by atoms with Crippen molar-refractivity contribution in [1.82, 2.24) is 25.3 Å². The van der Waals surface area contributed by atoms with Crippen molar-refractivity contribution in [3.63, 3.8) is 0 Å². The van der Waals surface area contributed by atoms with Crippen LogP contribution in [0.25, 0.3) is 0 Å². The van der Waals surface area contributed by atoms with Gasteiger partial charge in [-0.3, -0.25) is 4.99 Å². The average Bonchev–Trinajstić information content (AvgIpc) is 3.37. The van der Waals surface area contributed by atoms with E-state index in [9.17, 15) is 0 Å². The Morgan fingerprint density at radius 3 is 2.69 bits per heavy atom. The molecule has 0 saturated carbocycles. The van der Waals surface area contributed by atoms with Crippen LogP contribution >= 0.6 is 0 Å². The van der Waals surface area contributed by atoms with Crippen LogP contribution in [0.3, 0.4) is 0 Å². The lowest BCUT2D eigenvalue weighted by Crippen LogP contribution is -2.38. The van der Waals surface area contributed by atoms with Crippen molar-refractivity contribution in [3.8, 4) is 0 Å². The predicted molar refractivity (Wildman–Crippen MR) is 115 cm³/mol. The third kappa shape index (κ3) is 5.47. The highest BCUT2D eigenvalue weighted by Crippen LogP contribution is 2.15. The molecule has 3 aromatic rings. The summed E-state index contributed by atoms with van der Waals surface area (Å²) in [6, 6.07) is 10.4. The Morgan fingerprint density at radius 2 is 1.97 bits per heavy atom. The molecule has 0 spiro atoms. The van der Waals surface area contributed by atoms with Crippen LogP contribution in [0.15, 0.2) is 52.2 Å². The van der Waals surface area contributed by atoms with Gasteiger partial charge >= 0.3 is 0 Å². The lowest BCUT2D eigenvalue weighted by Gasteiger charge is -2.13. The molecular formula is C22H30N6O. The van der Waals surface area contributed by atoms with Crippen LogP contribution in [-0.2, 0) is 32.4 Å². The van der Waals surface area contributed by atoms with E-state index in [1.54, 1.807) is 7.05 Å². The second-order valence-electron chi connectivity index (χ2n) is 6.80. The molecule has 2 N–H and O–H groups in total. The Bertz CT molecular complexity index is 891. The molecule has 7 heteroatoms. The highest BCUT2D eigenvalue weighted by Gasteiger charge is 2.13. The first-order chi connectivity index (χ1) is 14.2. The second-order valence-corrected chi connectivity index (χ2v) is 6.80. The number of aliphatic imine (C=N–C) groups is 1. The van der Waals surface area contributed by atoms with Crippen molar-refractivity contribution < 1.29 is 4.52 Å². The zero-order chi connectivity index (χ0) is 20.5. The van der Waals surface area contributed by atoms with Crippen molar-refractivity contribution in [2.45, 2.75) is 46.2 Å². The largest absolute Gasteiger partial charge is 0.361 e. The normalized spacial score (nSPS) is 11.6. The van der Waals surface area contributed by atoms with E-state index < -0.39 is 0 Å². The van der Waals surface area contributed by atoms with E-state index in [4.69, 9.17) is 4.52 Å². The van der Waals surface area contributed by atoms with Gasteiger partial charge in [0.25, 0.3) is 0 Å². The summed E-state index contributed by atoms with van der Waals surface area (Å²) >= 11 is 0. The molecule has 7 nitrogen and oxygen atoms in total. The van der Waals surface area contributed by atoms with Crippen LogP contribution in [0, 0.1) is 0 Å².